The number of hydrogen-bond donors (Lipinski definition) is 0. The molecule has 1 aromatic rings. The Hall–Kier alpha value is 0.0300. The zero-order valence-electron chi connectivity index (χ0n) is 7.70. The number of hydrogen-bond acceptors (Lipinski definition) is 4. The number of nitrogens with zero attached hydrogens (tertiary/aromatic N) is 2. The van der Waals surface area contributed by atoms with Crippen molar-refractivity contribution in [2.45, 2.75) is 17.2 Å². The molecule has 2 heterocycles. The van der Waals surface area contributed by atoms with Crippen molar-refractivity contribution in [1.29, 1.82) is 0 Å². The summed E-state index contributed by atoms with van der Waals surface area (Å²) in [7, 11) is 0. The maximum Gasteiger partial charge on any atom is 0.288 e. The van der Waals surface area contributed by atoms with E-state index in [0.717, 1.165) is 37.7 Å². The van der Waals surface area contributed by atoms with Crippen LogP contribution < -0.4 is 0 Å². The lowest BCUT2D eigenvalue weighted by Crippen LogP contribution is -2.23. The Bertz CT molecular complexity index is 357. The smallest absolute Gasteiger partial charge is 0.288 e. The first-order chi connectivity index (χ1) is 7.16. The van der Waals surface area contributed by atoms with Crippen LogP contribution in [0, 0.1) is 0 Å². The molecule has 1 saturated heterocycles. The summed E-state index contributed by atoms with van der Waals surface area (Å²) < 4.78 is 1.05. The van der Waals surface area contributed by atoms with E-state index >= 15 is 0 Å². The number of aromatic nitrogens is 1. The van der Waals surface area contributed by atoms with E-state index in [-0.39, 0.29) is 10.4 Å². The summed E-state index contributed by atoms with van der Waals surface area (Å²) in [6.45, 7) is 1.69. The molecule has 2 rings (SSSR count). The predicted octanol–water partition coefficient (Wildman–Crippen LogP) is 3.76. The van der Waals surface area contributed by atoms with Crippen LogP contribution in [-0.2, 0) is 0 Å². The van der Waals surface area contributed by atoms with Crippen molar-refractivity contribution >= 4 is 51.5 Å². The van der Waals surface area contributed by atoms with E-state index in [4.69, 9.17) is 23.2 Å². The number of halogens is 2. The van der Waals surface area contributed by atoms with Gasteiger partial charge in [0.05, 0.1) is 0 Å². The lowest BCUT2D eigenvalue weighted by atomic mass is 10.4. The third-order valence-corrected chi connectivity index (χ3v) is 4.80. The Morgan fingerprint density at radius 1 is 1.40 bits per heavy atom. The van der Waals surface area contributed by atoms with Crippen LogP contribution in [0.1, 0.15) is 12.8 Å². The van der Waals surface area contributed by atoms with Crippen molar-refractivity contribution < 1.29 is 4.79 Å². The van der Waals surface area contributed by atoms with Gasteiger partial charge in [-0.15, -0.1) is 0 Å². The summed E-state index contributed by atoms with van der Waals surface area (Å²) in [6.07, 6.45) is 2.18. The van der Waals surface area contributed by atoms with Crippen molar-refractivity contribution in [1.82, 2.24) is 9.88 Å². The summed E-state index contributed by atoms with van der Waals surface area (Å²) in [5, 5.41) is 0.313. The highest BCUT2D eigenvalue weighted by Crippen LogP contribution is 2.35. The fourth-order valence-electron chi connectivity index (χ4n) is 1.35. The molecule has 82 valence electrons. The van der Waals surface area contributed by atoms with E-state index in [9.17, 15) is 4.79 Å². The second kappa shape index (κ2) is 4.91. The zero-order chi connectivity index (χ0) is 10.8. The van der Waals surface area contributed by atoms with E-state index in [1.807, 2.05) is 4.90 Å². The second-order valence-corrected chi connectivity index (χ2v) is 6.26. The summed E-state index contributed by atoms with van der Waals surface area (Å²) >= 11 is 13.8. The highest BCUT2D eigenvalue weighted by Gasteiger charge is 2.20. The molecule has 0 bridgehead atoms. The second-order valence-electron chi connectivity index (χ2n) is 3.11. The number of thiazole rings is 1. The molecule has 1 aliphatic rings. The summed E-state index contributed by atoms with van der Waals surface area (Å²) in [5.74, 6) is 0. The first-order valence-electron chi connectivity index (χ1n) is 4.45. The zero-order valence-corrected chi connectivity index (χ0v) is 10.8. The Morgan fingerprint density at radius 3 is 2.60 bits per heavy atom. The normalized spacial score (nSPS) is 16.0. The van der Waals surface area contributed by atoms with Crippen molar-refractivity contribution in [3.8, 4) is 0 Å². The van der Waals surface area contributed by atoms with Gasteiger partial charge in [0.25, 0.3) is 5.24 Å². The molecule has 1 amide bonds. The molecule has 7 heteroatoms. The largest absolute Gasteiger partial charge is 0.333 e. The Morgan fingerprint density at radius 2 is 2.07 bits per heavy atom. The van der Waals surface area contributed by atoms with Gasteiger partial charge in [-0.05, 0) is 12.8 Å². The average Bonchev–Trinajstić information content (AvgIpc) is 2.77. The Balaban J connectivity index is 1.99. The van der Waals surface area contributed by atoms with Crippen molar-refractivity contribution in [2.75, 3.05) is 13.1 Å². The molecule has 0 atom stereocenters. The van der Waals surface area contributed by atoms with Crippen LogP contribution in [0.3, 0.4) is 0 Å². The number of carbonyl (C=O) groups is 1. The van der Waals surface area contributed by atoms with E-state index in [0.29, 0.717) is 8.68 Å². The van der Waals surface area contributed by atoms with E-state index in [2.05, 4.69) is 4.98 Å². The van der Waals surface area contributed by atoms with Gasteiger partial charge >= 0.3 is 0 Å². The van der Waals surface area contributed by atoms with Gasteiger partial charge in [0.1, 0.15) is 4.34 Å². The molecular weight excluding hydrogens is 275 g/mol. The van der Waals surface area contributed by atoms with Gasteiger partial charge in [-0.2, -0.15) is 0 Å². The molecule has 0 N–H and O–H groups in total. The number of rotatable bonds is 1. The third kappa shape index (κ3) is 2.78. The fourth-order valence-corrected chi connectivity index (χ4v) is 3.70. The first-order valence-corrected chi connectivity index (χ1v) is 6.84. The van der Waals surface area contributed by atoms with Crippen molar-refractivity contribution in [3.05, 3.63) is 9.49 Å². The van der Waals surface area contributed by atoms with E-state index in [1.54, 1.807) is 0 Å². The van der Waals surface area contributed by atoms with E-state index in [1.165, 1.54) is 11.3 Å². The van der Waals surface area contributed by atoms with Gasteiger partial charge in [-0.1, -0.05) is 34.5 Å². The van der Waals surface area contributed by atoms with Gasteiger partial charge in [-0.3, -0.25) is 4.79 Å². The predicted molar refractivity (Wildman–Crippen MR) is 64.2 cm³/mol. The number of carbonyl (C=O) groups excluding carboxylic acids is 1. The minimum atomic E-state index is 0.0367. The van der Waals surface area contributed by atoms with Crippen molar-refractivity contribution in [2.24, 2.45) is 0 Å². The first kappa shape index (κ1) is 11.5. The maximum atomic E-state index is 11.7. The number of likely N-dealkylation sites (tertiary alicyclic amines) is 1. The molecule has 0 aromatic carbocycles. The van der Waals surface area contributed by atoms with Crippen LogP contribution in [0.4, 0.5) is 4.79 Å². The highest BCUT2D eigenvalue weighted by atomic mass is 35.5. The Labute approximate surface area is 106 Å². The molecule has 15 heavy (non-hydrogen) atoms. The Kier molecular flexibility index (Phi) is 3.77. The van der Waals surface area contributed by atoms with Gasteiger partial charge in [0.2, 0.25) is 0 Å². The molecule has 0 spiro atoms. The molecule has 1 fully saturated rings. The van der Waals surface area contributed by atoms with Crippen LogP contribution in [0.25, 0.3) is 0 Å². The summed E-state index contributed by atoms with van der Waals surface area (Å²) in [5.41, 5.74) is 0. The van der Waals surface area contributed by atoms with Crippen LogP contribution in [0.15, 0.2) is 4.34 Å². The number of thioether (sulfide) groups is 1. The van der Waals surface area contributed by atoms with Crippen LogP contribution in [-0.4, -0.2) is 28.2 Å². The highest BCUT2D eigenvalue weighted by molar-refractivity contribution is 8.14. The van der Waals surface area contributed by atoms with Crippen LogP contribution >= 0.6 is 46.3 Å². The minimum Gasteiger partial charge on any atom is -0.333 e. The topological polar surface area (TPSA) is 33.2 Å². The fraction of sp³-hybridized carbons (Fsp3) is 0.500. The van der Waals surface area contributed by atoms with Gasteiger partial charge in [0, 0.05) is 24.9 Å². The minimum absolute atomic E-state index is 0.0367. The lowest BCUT2D eigenvalue weighted by Gasteiger charge is -2.12. The maximum absolute atomic E-state index is 11.7. The molecular formula is C8H8Cl2N2OS2. The monoisotopic (exact) mass is 282 g/mol. The molecule has 0 radical (unpaired) electrons. The third-order valence-electron chi connectivity index (χ3n) is 2.07. The molecule has 1 aliphatic heterocycles. The van der Waals surface area contributed by atoms with Crippen LogP contribution in [0.5, 0.6) is 0 Å². The summed E-state index contributed by atoms with van der Waals surface area (Å²) in [4.78, 5) is 17.5. The van der Waals surface area contributed by atoms with Gasteiger partial charge in [0.15, 0.2) is 9.49 Å². The van der Waals surface area contributed by atoms with E-state index < -0.39 is 0 Å². The van der Waals surface area contributed by atoms with Gasteiger partial charge < -0.3 is 4.90 Å². The molecule has 0 unspecified atom stereocenters. The average molecular weight is 283 g/mol. The standard InChI is InChI=1S/C8H8Cl2N2OS2/c9-5-6(10)14-7(11-5)15-8(13)12-3-1-2-4-12/h1-4H2. The van der Waals surface area contributed by atoms with Crippen LogP contribution in [0.2, 0.25) is 9.49 Å². The summed E-state index contributed by atoms with van der Waals surface area (Å²) in [6, 6.07) is 0. The quantitative estimate of drug-likeness (QED) is 0.736. The van der Waals surface area contributed by atoms with Crippen molar-refractivity contribution in [3.63, 3.8) is 0 Å². The van der Waals surface area contributed by atoms with Gasteiger partial charge in [-0.25, -0.2) is 4.98 Å². The molecule has 1 aromatic heterocycles. The lowest BCUT2D eigenvalue weighted by molar-refractivity contribution is 0.233. The SMILES string of the molecule is O=C(Sc1nc(Cl)c(Cl)s1)N1CCCC1. The molecule has 0 aliphatic carbocycles. The number of amides is 1. The molecule has 3 nitrogen and oxygen atoms in total. The molecule has 0 saturated carbocycles.